The number of Topliss-reactive ketones (excluding diaryl/α,β-unsaturated/α-hetero) is 1. The van der Waals surface area contributed by atoms with Crippen LogP contribution in [0.1, 0.15) is 20.0 Å². The summed E-state index contributed by atoms with van der Waals surface area (Å²) in [6.45, 7) is -0.342. The Morgan fingerprint density at radius 2 is 1.79 bits per heavy atom. The van der Waals surface area contributed by atoms with Crippen molar-refractivity contribution in [3.63, 3.8) is 0 Å². The van der Waals surface area contributed by atoms with Crippen molar-refractivity contribution in [2.75, 3.05) is 13.7 Å². The number of rotatable bonds is 5. The Hall–Kier alpha value is -2.37. The van der Waals surface area contributed by atoms with Gasteiger partial charge in [0.25, 0.3) is 0 Å². The summed E-state index contributed by atoms with van der Waals surface area (Å²) in [7, 11) is 1.49. The van der Waals surface area contributed by atoms with Crippen LogP contribution in [0.5, 0.6) is 5.75 Å². The summed E-state index contributed by atoms with van der Waals surface area (Å²) in [5.41, 5.74) is 0.285. The molecule has 24 heavy (non-hydrogen) atoms. The average Bonchev–Trinajstić information content (AvgIpc) is 3.04. The standard InChI is InChI=1S/C18H13ClO4S/c1-22-15-9-12-5-3-2-4-11(12)8-13(15)18(21)23-10-14(20)16-6-7-17(19)24-16/h2-9H,10H2,1H3. The van der Waals surface area contributed by atoms with Crippen LogP contribution < -0.4 is 4.74 Å². The summed E-state index contributed by atoms with van der Waals surface area (Å²) < 4.78 is 10.9. The van der Waals surface area contributed by atoms with E-state index in [9.17, 15) is 9.59 Å². The van der Waals surface area contributed by atoms with Crippen molar-refractivity contribution in [1.82, 2.24) is 0 Å². The van der Waals surface area contributed by atoms with E-state index in [1.165, 1.54) is 7.11 Å². The summed E-state index contributed by atoms with van der Waals surface area (Å²) in [5.74, 6) is -0.487. The molecule has 1 heterocycles. The van der Waals surface area contributed by atoms with Gasteiger partial charge in [-0.25, -0.2) is 4.79 Å². The van der Waals surface area contributed by atoms with Gasteiger partial charge in [0.15, 0.2) is 6.61 Å². The Morgan fingerprint density at radius 1 is 1.08 bits per heavy atom. The molecule has 0 unspecified atom stereocenters. The van der Waals surface area contributed by atoms with Gasteiger partial charge in [-0.3, -0.25) is 4.79 Å². The zero-order valence-corrected chi connectivity index (χ0v) is 14.3. The lowest BCUT2D eigenvalue weighted by Gasteiger charge is -2.10. The Morgan fingerprint density at radius 3 is 2.42 bits per heavy atom. The SMILES string of the molecule is COc1cc2ccccc2cc1C(=O)OCC(=O)c1ccc(Cl)s1. The number of carbonyl (C=O) groups excluding carboxylic acids is 2. The Bertz CT molecular complexity index is 916. The van der Waals surface area contributed by atoms with Gasteiger partial charge in [0, 0.05) is 0 Å². The molecule has 0 fully saturated rings. The fourth-order valence-electron chi connectivity index (χ4n) is 2.29. The minimum atomic E-state index is -0.603. The molecule has 0 atom stereocenters. The molecule has 0 amide bonds. The number of hydrogen-bond donors (Lipinski definition) is 0. The van der Waals surface area contributed by atoms with Gasteiger partial charge < -0.3 is 9.47 Å². The molecule has 0 aliphatic carbocycles. The third-order valence-corrected chi connectivity index (χ3v) is 4.74. The largest absolute Gasteiger partial charge is 0.496 e. The van der Waals surface area contributed by atoms with E-state index in [-0.39, 0.29) is 18.0 Å². The van der Waals surface area contributed by atoms with E-state index in [2.05, 4.69) is 0 Å². The van der Waals surface area contributed by atoms with Crippen LogP contribution in [-0.4, -0.2) is 25.5 Å². The maximum Gasteiger partial charge on any atom is 0.342 e. The zero-order chi connectivity index (χ0) is 17.1. The van der Waals surface area contributed by atoms with E-state index in [0.717, 1.165) is 22.1 Å². The topological polar surface area (TPSA) is 52.6 Å². The van der Waals surface area contributed by atoms with Gasteiger partial charge in [-0.2, -0.15) is 0 Å². The Labute approximate surface area is 147 Å². The number of thiophene rings is 1. The number of fused-ring (bicyclic) bond motifs is 1. The minimum absolute atomic E-state index is 0.285. The molecular weight excluding hydrogens is 348 g/mol. The van der Waals surface area contributed by atoms with Crippen molar-refractivity contribution in [3.05, 3.63) is 63.3 Å². The molecule has 3 aromatic rings. The quantitative estimate of drug-likeness (QED) is 0.492. The van der Waals surface area contributed by atoms with Crippen molar-refractivity contribution in [3.8, 4) is 5.75 Å². The first kappa shape index (κ1) is 16.5. The Kier molecular flexibility index (Phi) is 4.83. The predicted molar refractivity (Wildman–Crippen MR) is 94.4 cm³/mol. The molecule has 0 bridgehead atoms. The minimum Gasteiger partial charge on any atom is -0.496 e. The fraction of sp³-hybridized carbons (Fsp3) is 0.111. The van der Waals surface area contributed by atoms with Crippen LogP contribution in [0.15, 0.2) is 48.5 Å². The van der Waals surface area contributed by atoms with Crippen LogP contribution in [0.25, 0.3) is 10.8 Å². The van der Waals surface area contributed by atoms with E-state index < -0.39 is 5.97 Å². The number of hydrogen-bond acceptors (Lipinski definition) is 5. The highest BCUT2D eigenvalue weighted by Crippen LogP contribution is 2.27. The molecule has 0 N–H and O–H groups in total. The second-order valence-electron chi connectivity index (χ2n) is 5.00. The maximum atomic E-state index is 12.3. The van der Waals surface area contributed by atoms with Crippen molar-refractivity contribution in [2.45, 2.75) is 0 Å². The van der Waals surface area contributed by atoms with E-state index >= 15 is 0 Å². The number of halogens is 1. The number of esters is 1. The zero-order valence-electron chi connectivity index (χ0n) is 12.7. The number of methoxy groups -OCH3 is 1. The first-order valence-corrected chi connectivity index (χ1v) is 8.30. The fourth-order valence-corrected chi connectivity index (χ4v) is 3.26. The van der Waals surface area contributed by atoms with Crippen LogP contribution in [0.4, 0.5) is 0 Å². The lowest BCUT2D eigenvalue weighted by molar-refractivity contribution is 0.0473. The normalized spacial score (nSPS) is 10.6. The second kappa shape index (κ2) is 7.03. The van der Waals surface area contributed by atoms with E-state index in [4.69, 9.17) is 21.1 Å². The molecule has 0 radical (unpaired) electrons. The van der Waals surface area contributed by atoms with E-state index in [1.54, 1.807) is 24.3 Å². The van der Waals surface area contributed by atoms with Gasteiger partial charge in [-0.05, 0) is 35.0 Å². The van der Waals surface area contributed by atoms with Crippen molar-refractivity contribution in [2.24, 2.45) is 0 Å². The highest BCUT2D eigenvalue weighted by atomic mass is 35.5. The number of ether oxygens (including phenoxy) is 2. The first-order valence-electron chi connectivity index (χ1n) is 7.11. The third kappa shape index (κ3) is 3.42. The van der Waals surface area contributed by atoms with Crippen LogP contribution >= 0.6 is 22.9 Å². The van der Waals surface area contributed by atoms with E-state index in [1.807, 2.05) is 24.3 Å². The lowest BCUT2D eigenvalue weighted by Crippen LogP contribution is -2.14. The van der Waals surface area contributed by atoms with Gasteiger partial charge in [0.05, 0.1) is 16.3 Å². The molecule has 6 heteroatoms. The van der Waals surface area contributed by atoms with Crippen molar-refractivity contribution >= 4 is 45.5 Å². The van der Waals surface area contributed by atoms with Crippen molar-refractivity contribution in [1.29, 1.82) is 0 Å². The first-order chi connectivity index (χ1) is 11.6. The molecule has 4 nitrogen and oxygen atoms in total. The Balaban J connectivity index is 1.79. The molecular formula is C18H13ClO4S. The predicted octanol–water partition coefficient (Wildman–Crippen LogP) is 4.60. The maximum absolute atomic E-state index is 12.3. The number of ketones is 1. The van der Waals surface area contributed by atoms with Crippen LogP contribution in [0.3, 0.4) is 0 Å². The molecule has 0 aliphatic heterocycles. The van der Waals surface area contributed by atoms with Crippen LogP contribution in [-0.2, 0) is 4.74 Å². The molecule has 0 aliphatic rings. The molecule has 1 aromatic heterocycles. The molecule has 2 aromatic carbocycles. The van der Waals surface area contributed by atoms with Gasteiger partial charge in [0.1, 0.15) is 11.3 Å². The lowest BCUT2D eigenvalue weighted by atomic mass is 10.1. The van der Waals surface area contributed by atoms with Gasteiger partial charge >= 0.3 is 5.97 Å². The van der Waals surface area contributed by atoms with Gasteiger partial charge in [-0.1, -0.05) is 35.9 Å². The summed E-state index contributed by atoms with van der Waals surface area (Å²) in [5, 5.41) is 1.84. The average molecular weight is 361 g/mol. The summed E-state index contributed by atoms with van der Waals surface area (Å²) in [6, 6.07) is 14.3. The molecule has 0 spiro atoms. The smallest absolute Gasteiger partial charge is 0.342 e. The summed E-state index contributed by atoms with van der Waals surface area (Å²) >= 11 is 6.95. The molecule has 3 rings (SSSR count). The van der Waals surface area contributed by atoms with Crippen LogP contribution in [0, 0.1) is 0 Å². The van der Waals surface area contributed by atoms with Gasteiger partial charge in [-0.15, -0.1) is 11.3 Å². The third-order valence-electron chi connectivity index (χ3n) is 3.47. The molecule has 0 saturated carbocycles. The van der Waals surface area contributed by atoms with Gasteiger partial charge in [0.2, 0.25) is 5.78 Å². The highest BCUT2D eigenvalue weighted by molar-refractivity contribution is 7.18. The second-order valence-corrected chi connectivity index (χ2v) is 6.72. The summed E-state index contributed by atoms with van der Waals surface area (Å²) in [6.07, 6.45) is 0. The van der Waals surface area contributed by atoms with E-state index in [0.29, 0.717) is 15.0 Å². The van der Waals surface area contributed by atoms with Crippen LogP contribution in [0.2, 0.25) is 4.34 Å². The van der Waals surface area contributed by atoms with Crippen molar-refractivity contribution < 1.29 is 19.1 Å². The molecule has 0 saturated heterocycles. The number of benzene rings is 2. The monoisotopic (exact) mass is 360 g/mol. The molecule has 122 valence electrons. The summed E-state index contributed by atoms with van der Waals surface area (Å²) in [4.78, 5) is 24.8. The highest BCUT2D eigenvalue weighted by Gasteiger charge is 2.17. The number of carbonyl (C=O) groups is 2.